The molecule has 0 aliphatic heterocycles. The predicted octanol–water partition coefficient (Wildman–Crippen LogP) is 2.88. The molecule has 1 rings (SSSR count). The molecule has 0 aromatic heterocycles. The van der Waals surface area contributed by atoms with E-state index >= 15 is 0 Å². The monoisotopic (exact) mass is 220 g/mol. The maximum atomic E-state index is 5.55. The first-order valence-electron chi connectivity index (χ1n) is 5.65. The Morgan fingerprint density at radius 1 is 1.31 bits per heavy atom. The molecule has 0 bridgehead atoms. The van der Waals surface area contributed by atoms with Crippen molar-refractivity contribution in [1.29, 1.82) is 0 Å². The van der Waals surface area contributed by atoms with Crippen LogP contribution in [0.5, 0.6) is 0 Å². The van der Waals surface area contributed by atoms with E-state index in [-0.39, 0.29) is 0 Å². The Balaban J connectivity index is 2.37. The summed E-state index contributed by atoms with van der Waals surface area (Å²) in [4.78, 5) is 0. The van der Waals surface area contributed by atoms with Gasteiger partial charge in [-0.1, -0.05) is 37.3 Å². The van der Waals surface area contributed by atoms with Gasteiger partial charge < -0.3 is 4.74 Å². The number of hydrazone groups is 1. The van der Waals surface area contributed by atoms with Gasteiger partial charge in [0.2, 0.25) is 5.90 Å². The molecule has 0 atom stereocenters. The molecule has 88 valence electrons. The lowest BCUT2D eigenvalue weighted by molar-refractivity contribution is 0.265. The Kier molecular flexibility index (Phi) is 5.40. The molecule has 3 heteroatoms. The molecule has 0 saturated heterocycles. The van der Waals surface area contributed by atoms with Crippen LogP contribution in [-0.2, 0) is 11.3 Å². The lowest BCUT2D eigenvalue weighted by Gasteiger charge is -2.13. The highest BCUT2D eigenvalue weighted by Gasteiger charge is 1.96. The van der Waals surface area contributed by atoms with Crippen molar-refractivity contribution in [3.63, 3.8) is 0 Å². The van der Waals surface area contributed by atoms with Gasteiger partial charge in [0.1, 0.15) is 6.61 Å². The molecule has 0 fully saturated rings. The average Bonchev–Trinajstić information content (AvgIpc) is 2.28. The highest BCUT2D eigenvalue weighted by Crippen LogP contribution is 2.01. The van der Waals surface area contributed by atoms with E-state index in [1.54, 1.807) is 0 Å². The van der Waals surface area contributed by atoms with Crippen molar-refractivity contribution < 1.29 is 4.74 Å². The third-order valence-electron chi connectivity index (χ3n) is 2.15. The molecule has 0 unspecified atom stereocenters. The van der Waals surface area contributed by atoms with Crippen LogP contribution in [0, 0.1) is 0 Å². The first-order chi connectivity index (χ1) is 7.72. The number of benzene rings is 1. The van der Waals surface area contributed by atoms with Gasteiger partial charge in [0.15, 0.2) is 0 Å². The summed E-state index contributed by atoms with van der Waals surface area (Å²) in [5.74, 6) is 0.708. The lowest BCUT2D eigenvalue weighted by Crippen LogP contribution is -2.15. The normalized spacial score (nSPS) is 11.3. The average molecular weight is 220 g/mol. The SMILES string of the molecule is CCCN(C)N=C(C)OCc1ccccc1. The van der Waals surface area contributed by atoms with Gasteiger partial charge in [0.05, 0.1) is 0 Å². The molecule has 0 aliphatic carbocycles. The fourth-order valence-electron chi connectivity index (χ4n) is 1.40. The van der Waals surface area contributed by atoms with E-state index in [9.17, 15) is 0 Å². The summed E-state index contributed by atoms with van der Waals surface area (Å²) in [5, 5.41) is 6.21. The van der Waals surface area contributed by atoms with Crippen molar-refractivity contribution in [2.45, 2.75) is 26.9 Å². The smallest absolute Gasteiger partial charge is 0.203 e. The summed E-state index contributed by atoms with van der Waals surface area (Å²) in [6.45, 7) is 5.55. The first-order valence-corrected chi connectivity index (χ1v) is 5.65. The third kappa shape index (κ3) is 4.82. The highest BCUT2D eigenvalue weighted by molar-refractivity contribution is 5.72. The van der Waals surface area contributed by atoms with E-state index in [1.165, 1.54) is 0 Å². The van der Waals surface area contributed by atoms with Gasteiger partial charge in [-0.15, -0.1) is 5.10 Å². The molecular weight excluding hydrogens is 200 g/mol. The molecule has 0 aliphatic rings. The van der Waals surface area contributed by atoms with Crippen molar-refractivity contribution in [3.05, 3.63) is 35.9 Å². The molecule has 0 spiro atoms. The van der Waals surface area contributed by atoms with Gasteiger partial charge in [0, 0.05) is 20.5 Å². The maximum absolute atomic E-state index is 5.55. The van der Waals surface area contributed by atoms with Gasteiger partial charge in [-0.2, -0.15) is 0 Å². The van der Waals surface area contributed by atoms with E-state index < -0.39 is 0 Å². The second kappa shape index (κ2) is 6.88. The Hall–Kier alpha value is -1.51. The van der Waals surface area contributed by atoms with Crippen LogP contribution >= 0.6 is 0 Å². The van der Waals surface area contributed by atoms with Crippen LogP contribution in [0.1, 0.15) is 25.8 Å². The quantitative estimate of drug-likeness (QED) is 0.433. The van der Waals surface area contributed by atoms with Crippen molar-refractivity contribution in [1.82, 2.24) is 5.01 Å². The summed E-state index contributed by atoms with van der Waals surface area (Å²) in [5.41, 5.74) is 1.16. The van der Waals surface area contributed by atoms with Gasteiger partial charge >= 0.3 is 0 Å². The minimum atomic E-state index is 0.580. The summed E-state index contributed by atoms with van der Waals surface area (Å²) < 4.78 is 5.55. The molecule has 1 aromatic carbocycles. The lowest BCUT2D eigenvalue weighted by atomic mass is 10.2. The van der Waals surface area contributed by atoms with Crippen LogP contribution in [0.4, 0.5) is 0 Å². The zero-order chi connectivity index (χ0) is 11.8. The van der Waals surface area contributed by atoms with Crippen LogP contribution < -0.4 is 0 Å². The predicted molar refractivity (Wildman–Crippen MR) is 67.3 cm³/mol. The van der Waals surface area contributed by atoms with Gasteiger partial charge in [-0.25, -0.2) is 0 Å². The second-order valence-corrected chi connectivity index (χ2v) is 3.77. The van der Waals surface area contributed by atoms with Crippen molar-refractivity contribution in [3.8, 4) is 0 Å². The summed E-state index contributed by atoms with van der Waals surface area (Å²) in [6.07, 6.45) is 1.09. The number of hydrogen-bond donors (Lipinski definition) is 0. The van der Waals surface area contributed by atoms with E-state index in [2.05, 4.69) is 12.0 Å². The zero-order valence-corrected chi connectivity index (χ0v) is 10.3. The second-order valence-electron chi connectivity index (χ2n) is 3.77. The molecule has 1 aromatic rings. The molecule has 0 heterocycles. The van der Waals surface area contributed by atoms with Gasteiger partial charge in [-0.3, -0.25) is 5.01 Å². The number of ether oxygens (including phenoxy) is 1. The highest BCUT2D eigenvalue weighted by atomic mass is 16.5. The summed E-state index contributed by atoms with van der Waals surface area (Å²) >= 11 is 0. The van der Waals surface area contributed by atoms with Crippen LogP contribution in [0.3, 0.4) is 0 Å². The number of hydrogen-bond acceptors (Lipinski definition) is 3. The molecule has 0 N–H and O–H groups in total. The number of nitrogens with zero attached hydrogens (tertiary/aromatic N) is 2. The van der Waals surface area contributed by atoms with Gasteiger partial charge in [-0.05, 0) is 12.0 Å². The molecule has 0 radical (unpaired) electrons. The molecule has 3 nitrogen and oxygen atoms in total. The van der Waals surface area contributed by atoms with Crippen molar-refractivity contribution in [2.24, 2.45) is 5.10 Å². The van der Waals surface area contributed by atoms with E-state index in [1.807, 2.05) is 49.3 Å². The first kappa shape index (κ1) is 12.6. The maximum Gasteiger partial charge on any atom is 0.203 e. The Bertz CT molecular complexity index is 322. The third-order valence-corrected chi connectivity index (χ3v) is 2.15. The van der Waals surface area contributed by atoms with E-state index in [0.717, 1.165) is 18.5 Å². The van der Waals surface area contributed by atoms with E-state index in [0.29, 0.717) is 12.5 Å². The van der Waals surface area contributed by atoms with Crippen LogP contribution in [0.2, 0.25) is 0 Å². The Morgan fingerprint density at radius 2 is 2.00 bits per heavy atom. The fourth-order valence-corrected chi connectivity index (χ4v) is 1.40. The molecule has 0 amide bonds. The van der Waals surface area contributed by atoms with E-state index in [4.69, 9.17) is 4.74 Å². The van der Waals surface area contributed by atoms with Gasteiger partial charge in [0.25, 0.3) is 0 Å². The minimum absolute atomic E-state index is 0.580. The largest absolute Gasteiger partial charge is 0.475 e. The number of rotatable bonds is 5. The van der Waals surface area contributed by atoms with Crippen molar-refractivity contribution in [2.75, 3.05) is 13.6 Å². The van der Waals surface area contributed by atoms with Crippen LogP contribution in [0.15, 0.2) is 35.4 Å². The Morgan fingerprint density at radius 3 is 2.62 bits per heavy atom. The summed E-state index contributed by atoms with van der Waals surface area (Å²) in [7, 11) is 1.96. The van der Waals surface area contributed by atoms with Crippen molar-refractivity contribution >= 4 is 5.90 Å². The molecule has 16 heavy (non-hydrogen) atoms. The van der Waals surface area contributed by atoms with Crippen LogP contribution in [-0.4, -0.2) is 24.5 Å². The minimum Gasteiger partial charge on any atom is -0.475 e. The zero-order valence-electron chi connectivity index (χ0n) is 10.3. The topological polar surface area (TPSA) is 24.8 Å². The summed E-state index contributed by atoms with van der Waals surface area (Å²) in [6, 6.07) is 10.1. The fraction of sp³-hybridized carbons (Fsp3) is 0.462. The van der Waals surface area contributed by atoms with Crippen LogP contribution in [0.25, 0.3) is 0 Å². The molecule has 0 saturated carbocycles. The Labute approximate surface area is 97.7 Å². The molecular formula is C13H20N2O. The standard InChI is InChI=1S/C13H20N2O/c1-4-10-15(3)14-12(2)16-11-13-8-6-5-7-9-13/h5-9H,4,10-11H2,1-3H3.